The highest BCUT2D eigenvalue weighted by molar-refractivity contribution is 6.06. The summed E-state index contributed by atoms with van der Waals surface area (Å²) in [5.74, 6) is -1.60. The molecular formula is C25H18F6N2O3. The first-order valence-electron chi connectivity index (χ1n) is 10.7. The molecule has 11 heteroatoms. The zero-order chi connectivity index (χ0) is 26.1. The van der Waals surface area contributed by atoms with Crippen LogP contribution in [0.4, 0.5) is 32.0 Å². The number of carbonyl (C=O) groups excluding carboxylic acids is 2. The Bertz CT molecular complexity index is 1320. The van der Waals surface area contributed by atoms with Gasteiger partial charge in [-0.1, -0.05) is 30.3 Å². The van der Waals surface area contributed by atoms with Crippen molar-refractivity contribution < 1.29 is 40.7 Å². The van der Waals surface area contributed by atoms with Gasteiger partial charge in [-0.25, -0.2) is 0 Å². The lowest BCUT2D eigenvalue weighted by molar-refractivity contribution is -0.138. The second kappa shape index (κ2) is 9.56. The molecule has 1 aliphatic rings. The Labute approximate surface area is 201 Å². The van der Waals surface area contributed by atoms with Gasteiger partial charge in [0, 0.05) is 24.2 Å². The van der Waals surface area contributed by atoms with Crippen LogP contribution in [0.5, 0.6) is 5.75 Å². The third kappa shape index (κ3) is 5.29. The molecule has 0 aromatic heterocycles. The number of alkyl halides is 6. The first-order chi connectivity index (χ1) is 16.9. The monoisotopic (exact) mass is 508 g/mol. The summed E-state index contributed by atoms with van der Waals surface area (Å²) in [6.07, 6.45) is -8.99. The molecule has 0 saturated heterocycles. The molecule has 0 fully saturated rings. The van der Waals surface area contributed by atoms with E-state index in [1.54, 1.807) is 0 Å². The molecule has 0 aliphatic carbocycles. The molecule has 0 unspecified atom stereocenters. The van der Waals surface area contributed by atoms with E-state index in [0.29, 0.717) is 12.0 Å². The van der Waals surface area contributed by atoms with Gasteiger partial charge in [0.05, 0.1) is 28.9 Å². The highest BCUT2D eigenvalue weighted by Crippen LogP contribution is 2.35. The molecule has 0 saturated carbocycles. The third-order valence-corrected chi connectivity index (χ3v) is 5.53. The average molecular weight is 508 g/mol. The van der Waals surface area contributed by atoms with Crippen molar-refractivity contribution in [3.05, 3.63) is 94.0 Å². The summed E-state index contributed by atoms with van der Waals surface area (Å²) in [6.45, 7) is -0.209. The van der Waals surface area contributed by atoms with Crippen LogP contribution in [0.25, 0.3) is 0 Å². The predicted molar refractivity (Wildman–Crippen MR) is 118 cm³/mol. The second-order valence-electron chi connectivity index (χ2n) is 7.95. The van der Waals surface area contributed by atoms with Crippen LogP contribution in [-0.2, 0) is 25.3 Å². The van der Waals surface area contributed by atoms with E-state index in [1.165, 1.54) is 36.4 Å². The predicted octanol–water partition coefficient (Wildman–Crippen LogP) is 5.84. The number of halogens is 6. The van der Waals surface area contributed by atoms with Crippen molar-refractivity contribution in [3.63, 3.8) is 0 Å². The van der Waals surface area contributed by atoms with Crippen LogP contribution >= 0.6 is 0 Å². The third-order valence-electron chi connectivity index (χ3n) is 5.53. The molecule has 0 spiro atoms. The van der Waals surface area contributed by atoms with Gasteiger partial charge in [-0.05, 0) is 35.9 Å². The minimum Gasteiger partial charge on any atom is -0.492 e. The van der Waals surface area contributed by atoms with Gasteiger partial charge < -0.3 is 15.4 Å². The van der Waals surface area contributed by atoms with Gasteiger partial charge in [0.1, 0.15) is 5.75 Å². The minimum atomic E-state index is -4.75. The largest absolute Gasteiger partial charge is 0.492 e. The summed E-state index contributed by atoms with van der Waals surface area (Å²) in [5.41, 5.74) is -2.25. The SMILES string of the molecule is O=C(Nc1cc2c(c(C(=O)NCc3ccccc3C(F)(F)F)c1)OCC2)c1ccccc1C(F)(F)F. The molecule has 2 amide bonds. The Hall–Kier alpha value is -4.02. The van der Waals surface area contributed by atoms with Crippen molar-refractivity contribution >= 4 is 17.5 Å². The Morgan fingerprint density at radius 2 is 1.44 bits per heavy atom. The zero-order valence-electron chi connectivity index (χ0n) is 18.4. The molecular weight excluding hydrogens is 490 g/mol. The normalized spacial score (nSPS) is 13.1. The summed E-state index contributed by atoms with van der Waals surface area (Å²) in [5, 5.41) is 4.79. The van der Waals surface area contributed by atoms with Crippen molar-refractivity contribution in [2.75, 3.05) is 11.9 Å². The van der Waals surface area contributed by atoms with Crippen LogP contribution in [0, 0.1) is 0 Å². The second-order valence-corrected chi connectivity index (χ2v) is 7.95. The van der Waals surface area contributed by atoms with E-state index in [2.05, 4.69) is 10.6 Å². The molecule has 4 rings (SSSR count). The van der Waals surface area contributed by atoms with Crippen molar-refractivity contribution in [1.82, 2.24) is 5.32 Å². The van der Waals surface area contributed by atoms with Gasteiger partial charge >= 0.3 is 12.4 Å². The Balaban J connectivity index is 1.59. The molecule has 2 N–H and O–H groups in total. The zero-order valence-corrected chi connectivity index (χ0v) is 18.4. The fourth-order valence-electron chi connectivity index (χ4n) is 3.90. The molecule has 3 aromatic rings. The number of hydrogen-bond acceptors (Lipinski definition) is 3. The van der Waals surface area contributed by atoms with Crippen molar-refractivity contribution in [2.45, 2.75) is 25.3 Å². The first kappa shape index (κ1) is 25.1. The molecule has 3 aromatic carbocycles. The number of hydrogen-bond donors (Lipinski definition) is 2. The Kier molecular flexibility index (Phi) is 6.66. The highest BCUT2D eigenvalue weighted by Gasteiger charge is 2.35. The van der Waals surface area contributed by atoms with Gasteiger partial charge in [-0.15, -0.1) is 0 Å². The molecule has 1 heterocycles. The fraction of sp³-hybridized carbons (Fsp3) is 0.200. The van der Waals surface area contributed by atoms with Crippen molar-refractivity contribution in [2.24, 2.45) is 0 Å². The maximum absolute atomic E-state index is 13.3. The molecule has 36 heavy (non-hydrogen) atoms. The number of nitrogens with one attached hydrogen (secondary N) is 2. The summed E-state index contributed by atoms with van der Waals surface area (Å²) >= 11 is 0. The molecule has 0 bridgehead atoms. The number of carbonyl (C=O) groups is 2. The Morgan fingerprint density at radius 1 is 0.806 bits per heavy atom. The van der Waals surface area contributed by atoms with Gasteiger partial charge in [0.15, 0.2) is 0 Å². The maximum atomic E-state index is 13.3. The van der Waals surface area contributed by atoms with Gasteiger partial charge in [-0.3, -0.25) is 9.59 Å². The van der Waals surface area contributed by atoms with E-state index < -0.39 is 47.4 Å². The van der Waals surface area contributed by atoms with Crippen molar-refractivity contribution in [3.8, 4) is 5.75 Å². The van der Waals surface area contributed by atoms with Crippen LogP contribution in [0.3, 0.4) is 0 Å². The lowest BCUT2D eigenvalue weighted by Gasteiger charge is -2.16. The van der Waals surface area contributed by atoms with Gasteiger partial charge in [0.25, 0.3) is 11.8 Å². The lowest BCUT2D eigenvalue weighted by atomic mass is 10.0. The number of fused-ring (bicyclic) bond motifs is 1. The molecule has 1 aliphatic heterocycles. The van der Waals surface area contributed by atoms with Gasteiger partial charge in [-0.2, -0.15) is 26.3 Å². The topological polar surface area (TPSA) is 67.4 Å². The fourth-order valence-corrected chi connectivity index (χ4v) is 3.90. The first-order valence-corrected chi connectivity index (χ1v) is 10.7. The average Bonchev–Trinajstić information content (AvgIpc) is 3.29. The summed E-state index contributed by atoms with van der Waals surface area (Å²) in [4.78, 5) is 25.6. The van der Waals surface area contributed by atoms with E-state index in [-0.39, 0.29) is 29.2 Å². The molecule has 0 atom stereocenters. The molecule has 188 valence electrons. The minimum absolute atomic E-state index is 0.0436. The number of benzene rings is 3. The quantitative estimate of drug-likeness (QED) is 0.426. The van der Waals surface area contributed by atoms with E-state index in [4.69, 9.17) is 4.74 Å². The highest BCUT2D eigenvalue weighted by atomic mass is 19.4. The standard InChI is InChI=1S/C25H18F6N2O3/c26-24(27,28)19-7-3-1-5-15(19)13-32-22(34)18-12-16(11-14-9-10-36-21(14)18)33-23(35)17-6-2-4-8-20(17)25(29,30)31/h1-8,11-12H,9-10,13H2,(H,32,34)(H,33,35). The van der Waals surface area contributed by atoms with Crippen LogP contribution in [0.2, 0.25) is 0 Å². The Morgan fingerprint density at radius 3 is 2.14 bits per heavy atom. The number of ether oxygens (including phenoxy) is 1. The number of rotatable bonds is 5. The molecule has 0 radical (unpaired) electrons. The number of anilines is 1. The van der Waals surface area contributed by atoms with Crippen LogP contribution in [0.1, 0.15) is 43.0 Å². The smallest absolute Gasteiger partial charge is 0.417 e. The van der Waals surface area contributed by atoms with Crippen LogP contribution in [-0.4, -0.2) is 18.4 Å². The lowest BCUT2D eigenvalue weighted by Crippen LogP contribution is -2.25. The van der Waals surface area contributed by atoms with E-state index in [1.807, 2.05) is 0 Å². The summed E-state index contributed by atoms with van der Waals surface area (Å²) in [6, 6.07) is 11.7. The van der Waals surface area contributed by atoms with Gasteiger partial charge in [0.2, 0.25) is 0 Å². The summed E-state index contributed by atoms with van der Waals surface area (Å²) < 4.78 is 85.1. The summed E-state index contributed by atoms with van der Waals surface area (Å²) in [7, 11) is 0. The van der Waals surface area contributed by atoms with Crippen molar-refractivity contribution in [1.29, 1.82) is 0 Å². The number of amides is 2. The molecule has 5 nitrogen and oxygen atoms in total. The van der Waals surface area contributed by atoms with Crippen LogP contribution < -0.4 is 15.4 Å². The maximum Gasteiger partial charge on any atom is 0.417 e. The van der Waals surface area contributed by atoms with E-state index >= 15 is 0 Å². The van der Waals surface area contributed by atoms with Crippen LogP contribution in [0.15, 0.2) is 60.7 Å². The van der Waals surface area contributed by atoms with E-state index in [9.17, 15) is 35.9 Å². The van der Waals surface area contributed by atoms with E-state index in [0.717, 1.165) is 24.3 Å².